The van der Waals surface area contributed by atoms with E-state index >= 15 is 0 Å². The normalized spacial score (nSPS) is 8.74. The summed E-state index contributed by atoms with van der Waals surface area (Å²) in [6, 6.07) is 0. The van der Waals surface area contributed by atoms with E-state index in [0.717, 1.165) is 0 Å². The van der Waals surface area contributed by atoms with Gasteiger partial charge in [-0.15, -0.1) is 0 Å². The van der Waals surface area contributed by atoms with Crippen LogP contribution in [0, 0.1) is 0 Å². The van der Waals surface area contributed by atoms with E-state index in [0.29, 0.717) is 0 Å². The van der Waals surface area contributed by atoms with Crippen LogP contribution in [0.4, 0.5) is 0 Å². The highest BCUT2D eigenvalue weighted by Crippen LogP contribution is 1.88. The summed E-state index contributed by atoms with van der Waals surface area (Å²) in [5, 5.41) is 7.75. The molecule has 0 aromatic carbocycles. The van der Waals surface area contributed by atoms with Crippen LogP contribution in [-0.2, 0) is 24.1 Å². The first-order valence-corrected chi connectivity index (χ1v) is 5.37. The molecular weight excluding hydrogens is 256 g/mol. The fraction of sp³-hybridized carbons (Fsp3) is 0.636. The van der Waals surface area contributed by atoms with E-state index in [2.05, 4.69) is 4.89 Å². The Morgan fingerprint density at radius 2 is 1.53 bits per heavy atom. The molecule has 1 N–H and O–H groups in total. The first kappa shape index (κ1) is 19.4. The molecule has 19 heavy (non-hydrogen) atoms. The van der Waals surface area contributed by atoms with Gasteiger partial charge >= 0.3 is 5.97 Å². The molecule has 0 radical (unpaired) electrons. The summed E-state index contributed by atoms with van der Waals surface area (Å²) in [4.78, 5) is 47.5. The lowest BCUT2D eigenvalue weighted by molar-refractivity contribution is -0.234. The van der Waals surface area contributed by atoms with Gasteiger partial charge in [-0.3, -0.25) is 14.4 Å². The molecule has 0 aliphatic heterocycles. The molecule has 2 amide bonds. The molecule has 0 unspecified atom stereocenters. The fourth-order valence-corrected chi connectivity index (χ4v) is 0.759. The van der Waals surface area contributed by atoms with Gasteiger partial charge in [-0.2, -0.15) is 5.26 Å². The van der Waals surface area contributed by atoms with Crippen LogP contribution in [0.2, 0.25) is 0 Å². The quantitative estimate of drug-likeness (QED) is 0.423. The molecule has 0 bridgehead atoms. The van der Waals surface area contributed by atoms with Gasteiger partial charge in [0.1, 0.15) is 12.2 Å². The minimum Gasteiger partial charge on any atom is -0.348 e. The molecule has 8 heteroatoms. The van der Waals surface area contributed by atoms with E-state index in [-0.39, 0.29) is 18.2 Å². The van der Waals surface area contributed by atoms with E-state index in [1.807, 2.05) is 0 Å². The summed E-state index contributed by atoms with van der Waals surface area (Å²) in [6.45, 7) is 3.11. The summed E-state index contributed by atoms with van der Waals surface area (Å²) in [5.74, 6) is -1.42. The third-order valence-corrected chi connectivity index (χ3v) is 1.89. The van der Waals surface area contributed by atoms with Gasteiger partial charge in [0.25, 0.3) is 0 Å². The SMILES string of the molecule is CC(=O)CN(C)C(C)=O.CN(C)C(=O)CC(=O)OO. The predicted octanol–water partition coefficient (Wildman–Crippen LogP) is -0.465. The third-order valence-electron chi connectivity index (χ3n) is 1.89. The zero-order valence-corrected chi connectivity index (χ0v) is 11.8. The first-order valence-electron chi connectivity index (χ1n) is 5.37. The number of rotatable bonds is 4. The zero-order chi connectivity index (χ0) is 15.6. The maximum absolute atomic E-state index is 10.6. The highest BCUT2D eigenvalue weighted by molar-refractivity contribution is 5.93. The standard InChI is InChI=1S/C6H11NO2.C5H9NO4/c1-5(8)4-7(3)6(2)9;1-6(2)4(7)3-5(8)10-9/h4H2,1-3H3;9H,3H2,1-2H3. The molecule has 0 heterocycles. The summed E-state index contributed by atoms with van der Waals surface area (Å²) in [7, 11) is 4.61. The molecule has 0 atom stereocenters. The lowest BCUT2D eigenvalue weighted by Crippen LogP contribution is -2.28. The van der Waals surface area contributed by atoms with Crippen LogP contribution in [-0.4, -0.2) is 66.3 Å². The Bertz CT molecular complexity index is 340. The van der Waals surface area contributed by atoms with Crippen LogP contribution in [0.1, 0.15) is 20.3 Å². The second-order valence-electron chi connectivity index (χ2n) is 4.01. The van der Waals surface area contributed by atoms with Gasteiger partial charge in [0.2, 0.25) is 11.8 Å². The predicted molar refractivity (Wildman–Crippen MR) is 66.0 cm³/mol. The average Bonchev–Trinajstić information content (AvgIpc) is 2.28. The lowest BCUT2D eigenvalue weighted by Gasteiger charge is -2.10. The van der Waals surface area contributed by atoms with Gasteiger partial charge in [0, 0.05) is 28.1 Å². The molecule has 110 valence electrons. The van der Waals surface area contributed by atoms with Crippen molar-refractivity contribution in [2.45, 2.75) is 20.3 Å². The summed E-state index contributed by atoms with van der Waals surface area (Å²) in [5.41, 5.74) is 0. The third kappa shape index (κ3) is 12.3. The summed E-state index contributed by atoms with van der Waals surface area (Å²) < 4.78 is 0. The van der Waals surface area contributed by atoms with Crippen molar-refractivity contribution in [3.63, 3.8) is 0 Å². The number of ketones is 1. The van der Waals surface area contributed by atoms with Crippen molar-refractivity contribution in [2.75, 3.05) is 27.7 Å². The van der Waals surface area contributed by atoms with E-state index in [9.17, 15) is 19.2 Å². The van der Waals surface area contributed by atoms with Crippen LogP contribution in [0.5, 0.6) is 0 Å². The van der Waals surface area contributed by atoms with Crippen LogP contribution in [0.3, 0.4) is 0 Å². The fourth-order valence-electron chi connectivity index (χ4n) is 0.759. The van der Waals surface area contributed by atoms with Gasteiger partial charge in [-0.25, -0.2) is 4.79 Å². The molecule has 0 saturated heterocycles. The Labute approximate surface area is 111 Å². The molecule has 0 aliphatic carbocycles. The van der Waals surface area contributed by atoms with Crippen molar-refractivity contribution in [2.24, 2.45) is 0 Å². The monoisotopic (exact) mass is 276 g/mol. The molecule has 0 rings (SSSR count). The van der Waals surface area contributed by atoms with Crippen molar-refractivity contribution in [3.05, 3.63) is 0 Å². The van der Waals surface area contributed by atoms with Gasteiger partial charge in [-0.1, -0.05) is 0 Å². The Kier molecular flexibility index (Phi) is 10.2. The molecule has 0 saturated carbocycles. The second kappa shape index (κ2) is 10.0. The van der Waals surface area contributed by atoms with E-state index in [1.54, 1.807) is 7.05 Å². The minimum absolute atomic E-state index is 0.00713. The number of carbonyl (C=O) groups excluding carboxylic acids is 4. The highest BCUT2D eigenvalue weighted by Gasteiger charge is 2.11. The number of likely N-dealkylation sites (N-methyl/N-ethyl adjacent to an activating group) is 1. The number of hydrogen-bond donors (Lipinski definition) is 1. The Morgan fingerprint density at radius 1 is 1.05 bits per heavy atom. The Balaban J connectivity index is 0. The minimum atomic E-state index is -0.946. The van der Waals surface area contributed by atoms with Gasteiger partial charge in [0.05, 0.1) is 6.54 Å². The average molecular weight is 276 g/mol. The Hall–Kier alpha value is -1.96. The molecule has 0 fully saturated rings. The van der Waals surface area contributed by atoms with Crippen LogP contribution in [0.25, 0.3) is 0 Å². The van der Waals surface area contributed by atoms with Crippen molar-refractivity contribution < 1.29 is 29.3 Å². The molecular formula is C11H20N2O6. The van der Waals surface area contributed by atoms with E-state index < -0.39 is 18.3 Å². The molecule has 0 aliphatic rings. The highest BCUT2D eigenvalue weighted by atomic mass is 17.1. The van der Waals surface area contributed by atoms with Crippen molar-refractivity contribution >= 4 is 23.6 Å². The molecule has 0 aromatic rings. The summed E-state index contributed by atoms with van der Waals surface area (Å²) >= 11 is 0. The second-order valence-corrected chi connectivity index (χ2v) is 4.01. The number of nitrogens with zero attached hydrogens (tertiary/aromatic N) is 2. The van der Waals surface area contributed by atoms with E-state index in [4.69, 9.17) is 5.26 Å². The largest absolute Gasteiger partial charge is 0.351 e. The Morgan fingerprint density at radius 3 is 1.74 bits per heavy atom. The maximum atomic E-state index is 10.6. The topological polar surface area (TPSA) is 104 Å². The molecule has 0 spiro atoms. The number of hydrogen-bond acceptors (Lipinski definition) is 6. The van der Waals surface area contributed by atoms with Gasteiger partial charge in [-0.05, 0) is 6.92 Å². The van der Waals surface area contributed by atoms with Crippen molar-refractivity contribution in [1.82, 2.24) is 9.80 Å². The zero-order valence-electron chi connectivity index (χ0n) is 11.8. The number of amides is 2. The van der Waals surface area contributed by atoms with Gasteiger partial charge in [0.15, 0.2) is 0 Å². The van der Waals surface area contributed by atoms with Crippen molar-refractivity contribution in [3.8, 4) is 0 Å². The molecule has 8 nitrogen and oxygen atoms in total. The van der Waals surface area contributed by atoms with Crippen LogP contribution in [0.15, 0.2) is 0 Å². The number of carbonyl (C=O) groups is 4. The van der Waals surface area contributed by atoms with E-state index in [1.165, 1.54) is 37.7 Å². The van der Waals surface area contributed by atoms with Crippen molar-refractivity contribution in [1.29, 1.82) is 0 Å². The van der Waals surface area contributed by atoms with Gasteiger partial charge < -0.3 is 14.7 Å². The number of Topliss-reactive ketones (excluding diaryl/α,β-unsaturated/α-hetero) is 1. The van der Waals surface area contributed by atoms with Crippen LogP contribution < -0.4 is 0 Å². The lowest BCUT2D eigenvalue weighted by atomic mass is 10.4. The smallest absolute Gasteiger partial charge is 0.348 e. The summed E-state index contributed by atoms with van der Waals surface area (Å²) in [6.07, 6.45) is -0.427. The molecule has 0 aromatic heterocycles. The maximum Gasteiger partial charge on any atom is 0.351 e. The van der Waals surface area contributed by atoms with Crippen LogP contribution >= 0.6 is 0 Å². The first-order chi connectivity index (χ1) is 8.61.